The summed E-state index contributed by atoms with van der Waals surface area (Å²) in [4.78, 5) is 30.0. The van der Waals surface area contributed by atoms with Gasteiger partial charge in [0.1, 0.15) is 6.54 Å². The Labute approximate surface area is 219 Å². The highest BCUT2D eigenvalue weighted by Gasteiger charge is 2.21. The number of thiazole rings is 1. The van der Waals surface area contributed by atoms with Gasteiger partial charge in [-0.1, -0.05) is 42.5 Å². The van der Waals surface area contributed by atoms with Gasteiger partial charge >= 0.3 is 5.97 Å². The molecule has 10 heteroatoms. The molecule has 1 heterocycles. The van der Waals surface area contributed by atoms with Crippen LogP contribution in [0.3, 0.4) is 0 Å². The number of carbonyl (C=O) groups excluding carboxylic acids is 2. The van der Waals surface area contributed by atoms with E-state index in [4.69, 9.17) is 4.74 Å². The van der Waals surface area contributed by atoms with Crippen LogP contribution >= 0.6 is 11.3 Å². The summed E-state index contributed by atoms with van der Waals surface area (Å²) in [6.07, 6.45) is 0.853. The number of sulfonamides is 1. The van der Waals surface area contributed by atoms with Gasteiger partial charge in [0, 0.05) is 12.6 Å². The van der Waals surface area contributed by atoms with Crippen molar-refractivity contribution in [2.24, 2.45) is 4.99 Å². The minimum atomic E-state index is -3.81. The summed E-state index contributed by atoms with van der Waals surface area (Å²) in [5.41, 5.74) is 2.68. The molecule has 37 heavy (non-hydrogen) atoms. The van der Waals surface area contributed by atoms with E-state index in [1.807, 2.05) is 24.3 Å². The number of para-hydroxylation sites is 1. The molecule has 4 aromatic rings. The molecule has 3 aromatic carbocycles. The lowest BCUT2D eigenvalue weighted by molar-refractivity contribution is -0.143. The maximum Gasteiger partial charge on any atom is 0.326 e. The van der Waals surface area contributed by atoms with Crippen molar-refractivity contribution < 1.29 is 22.7 Å². The van der Waals surface area contributed by atoms with Gasteiger partial charge < -0.3 is 9.30 Å². The highest BCUT2D eigenvalue weighted by molar-refractivity contribution is 7.92. The van der Waals surface area contributed by atoms with Gasteiger partial charge in [-0.25, -0.2) is 8.42 Å². The van der Waals surface area contributed by atoms with E-state index >= 15 is 0 Å². The van der Waals surface area contributed by atoms with Crippen LogP contribution < -0.4 is 9.11 Å². The number of anilines is 1. The number of hydrogen-bond acceptors (Lipinski definition) is 6. The zero-order valence-electron chi connectivity index (χ0n) is 20.7. The number of aromatic nitrogens is 1. The standard InChI is InChI=1S/C27H27N3O5S2/c1-4-19-11-16-23-24(17-19)36-27(30(23)18-25(31)35-5-2)28-26(32)20-12-14-22(15-13-20)37(33,34)29(3)21-9-7-6-8-10-21/h6-17H,4-5,18H2,1-3H3. The number of hydrogen-bond donors (Lipinski definition) is 0. The first-order chi connectivity index (χ1) is 17.7. The lowest BCUT2D eigenvalue weighted by atomic mass is 10.2. The van der Waals surface area contributed by atoms with Crippen molar-refractivity contribution in [1.29, 1.82) is 0 Å². The fraction of sp³-hybridized carbons (Fsp3) is 0.222. The second kappa shape index (κ2) is 11.1. The van der Waals surface area contributed by atoms with Crippen molar-refractivity contribution in [3.05, 3.63) is 88.7 Å². The van der Waals surface area contributed by atoms with Gasteiger partial charge in [0.05, 0.1) is 27.4 Å². The second-order valence-electron chi connectivity index (χ2n) is 8.18. The zero-order chi connectivity index (χ0) is 26.6. The van der Waals surface area contributed by atoms with Crippen molar-refractivity contribution in [2.75, 3.05) is 18.0 Å². The third kappa shape index (κ3) is 5.65. The SMILES string of the molecule is CCOC(=O)Cn1c(=NC(=O)c2ccc(S(=O)(=O)N(C)c3ccccc3)cc2)sc2cc(CC)ccc21. The Morgan fingerprint density at radius 3 is 2.35 bits per heavy atom. The van der Waals surface area contributed by atoms with E-state index in [2.05, 4.69) is 11.9 Å². The van der Waals surface area contributed by atoms with Crippen LogP contribution in [-0.4, -0.2) is 38.5 Å². The first-order valence-electron chi connectivity index (χ1n) is 11.8. The van der Waals surface area contributed by atoms with Crippen molar-refractivity contribution in [2.45, 2.75) is 31.7 Å². The first-order valence-corrected chi connectivity index (χ1v) is 14.0. The normalized spacial score (nSPS) is 12.0. The summed E-state index contributed by atoms with van der Waals surface area (Å²) >= 11 is 1.31. The number of nitrogens with zero attached hydrogens (tertiary/aromatic N) is 3. The van der Waals surface area contributed by atoms with Gasteiger partial charge in [-0.05, 0) is 67.4 Å². The van der Waals surface area contributed by atoms with Crippen LogP contribution in [0.25, 0.3) is 10.2 Å². The third-order valence-electron chi connectivity index (χ3n) is 5.82. The maximum atomic E-state index is 13.0. The molecule has 0 atom stereocenters. The van der Waals surface area contributed by atoms with Crippen molar-refractivity contribution in [3.63, 3.8) is 0 Å². The summed E-state index contributed by atoms with van der Waals surface area (Å²) in [7, 11) is -2.33. The van der Waals surface area contributed by atoms with Crippen LogP contribution in [0.4, 0.5) is 5.69 Å². The summed E-state index contributed by atoms with van der Waals surface area (Å²) in [6, 6.07) is 20.3. The lowest BCUT2D eigenvalue weighted by Gasteiger charge is -2.19. The smallest absolute Gasteiger partial charge is 0.326 e. The minimum Gasteiger partial charge on any atom is -0.465 e. The van der Waals surface area contributed by atoms with E-state index in [0.29, 0.717) is 10.5 Å². The van der Waals surface area contributed by atoms with Gasteiger partial charge in [0.15, 0.2) is 4.80 Å². The molecule has 8 nitrogen and oxygen atoms in total. The van der Waals surface area contributed by atoms with Gasteiger partial charge in [-0.2, -0.15) is 4.99 Å². The van der Waals surface area contributed by atoms with E-state index in [1.165, 1.54) is 47.0 Å². The average molecular weight is 538 g/mol. The Bertz CT molecular complexity index is 1610. The van der Waals surface area contributed by atoms with Crippen LogP contribution in [0.1, 0.15) is 29.8 Å². The highest BCUT2D eigenvalue weighted by atomic mass is 32.2. The van der Waals surface area contributed by atoms with Crippen molar-refractivity contribution in [1.82, 2.24) is 4.57 Å². The Balaban J connectivity index is 1.67. The average Bonchev–Trinajstić information content (AvgIpc) is 3.24. The van der Waals surface area contributed by atoms with E-state index in [1.54, 1.807) is 35.8 Å². The molecule has 4 rings (SSSR count). The Hall–Kier alpha value is -3.76. The molecule has 0 bridgehead atoms. The Morgan fingerprint density at radius 2 is 1.70 bits per heavy atom. The van der Waals surface area contributed by atoms with Crippen LogP contribution in [0.2, 0.25) is 0 Å². The molecule has 0 N–H and O–H groups in total. The molecule has 0 aliphatic heterocycles. The fourth-order valence-corrected chi connectivity index (χ4v) is 6.05. The van der Waals surface area contributed by atoms with Crippen LogP contribution in [0.15, 0.2) is 82.7 Å². The predicted octanol–water partition coefficient (Wildman–Crippen LogP) is 4.39. The number of ether oxygens (including phenoxy) is 1. The molecule has 0 aliphatic rings. The minimum absolute atomic E-state index is 0.0572. The first kappa shape index (κ1) is 26.3. The Morgan fingerprint density at radius 1 is 1.00 bits per heavy atom. The fourth-order valence-electron chi connectivity index (χ4n) is 3.77. The monoisotopic (exact) mass is 537 g/mol. The van der Waals surface area contributed by atoms with Crippen molar-refractivity contribution >= 4 is 49.1 Å². The highest BCUT2D eigenvalue weighted by Crippen LogP contribution is 2.23. The molecule has 0 saturated heterocycles. The molecule has 1 aromatic heterocycles. The van der Waals surface area contributed by atoms with E-state index in [0.717, 1.165) is 22.2 Å². The number of benzene rings is 3. The molecule has 0 unspecified atom stereocenters. The quantitative estimate of drug-likeness (QED) is 0.311. The zero-order valence-corrected chi connectivity index (χ0v) is 22.4. The van der Waals surface area contributed by atoms with Crippen molar-refractivity contribution in [3.8, 4) is 0 Å². The van der Waals surface area contributed by atoms with E-state index in [-0.39, 0.29) is 23.6 Å². The topological polar surface area (TPSA) is 98.0 Å². The van der Waals surface area contributed by atoms with Crippen LogP contribution in [0.5, 0.6) is 0 Å². The number of esters is 1. The molecule has 0 fully saturated rings. The van der Waals surface area contributed by atoms with E-state index in [9.17, 15) is 18.0 Å². The number of aryl methyl sites for hydroxylation is 1. The summed E-state index contributed by atoms with van der Waals surface area (Å²) in [5, 5.41) is 0. The number of rotatable bonds is 8. The number of fused-ring (bicyclic) bond motifs is 1. The molecule has 0 radical (unpaired) electrons. The predicted molar refractivity (Wildman–Crippen MR) is 144 cm³/mol. The summed E-state index contributed by atoms with van der Waals surface area (Å²) in [6.45, 7) is 3.96. The van der Waals surface area contributed by atoms with Gasteiger partial charge in [-0.3, -0.25) is 13.9 Å². The number of amides is 1. The van der Waals surface area contributed by atoms with Gasteiger partial charge in [0.25, 0.3) is 15.9 Å². The maximum absolute atomic E-state index is 13.0. The molecular weight excluding hydrogens is 510 g/mol. The van der Waals surface area contributed by atoms with Gasteiger partial charge in [0.2, 0.25) is 0 Å². The molecule has 0 saturated carbocycles. The molecule has 192 valence electrons. The second-order valence-corrected chi connectivity index (χ2v) is 11.2. The largest absolute Gasteiger partial charge is 0.465 e. The number of carbonyl (C=O) groups is 2. The van der Waals surface area contributed by atoms with Gasteiger partial charge in [-0.15, -0.1) is 0 Å². The third-order valence-corrected chi connectivity index (χ3v) is 8.67. The Kier molecular flexibility index (Phi) is 7.89. The van der Waals surface area contributed by atoms with Crippen LogP contribution in [0, 0.1) is 0 Å². The lowest BCUT2D eigenvalue weighted by Crippen LogP contribution is -2.26. The summed E-state index contributed by atoms with van der Waals surface area (Å²) in [5.74, 6) is -0.965. The molecule has 0 aliphatic carbocycles. The van der Waals surface area contributed by atoms with E-state index < -0.39 is 21.9 Å². The molecular formula is C27H27N3O5S2. The van der Waals surface area contributed by atoms with Crippen LogP contribution in [-0.2, 0) is 32.5 Å². The summed E-state index contributed by atoms with van der Waals surface area (Å²) < 4.78 is 34.9. The molecule has 1 amide bonds. The molecule has 0 spiro atoms.